The first-order valence-corrected chi connectivity index (χ1v) is 4.77. The standard InChI is InChI=1S/C10H16F2N2/c1-3-6-14(2)8-10(11,12)7-13-9-4-5-9/h1,9,13H,4-8H2,2H3. The third-order valence-electron chi connectivity index (χ3n) is 2.09. The maximum absolute atomic E-state index is 13.2. The molecule has 1 aliphatic rings. The van der Waals surface area contributed by atoms with E-state index in [-0.39, 0.29) is 19.6 Å². The van der Waals surface area contributed by atoms with Gasteiger partial charge in [-0.25, -0.2) is 8.78 Å². The third kappa shape index (κ3) is 4.54. The van der Waals surface area contributed by atoms with E-state index < -0.39 is 5.92 Å². The van der Waals surface area contributed by atoms with Crippen molar-refractivity contribution >= 4 is 0 Å². The molecule has 14 heavy (non-hydrogen) atoms. The predicted molar refractivity (Wildman–Crippen MR) is 52.3 cm³/mol. The molecule has 0 atom stereocenters. The van der Waals surface area contributed by atoms with Crippen LogP contribution in [0.3, 0.4) is 0 Å². The Morgan fingerprint density at radius 1 is 1.57 bits per heavy atom. The second-order valence-electron chi connectivity index (χ2n) is 3.89. The Balaban J connectivity index is 2.20. The van der Waals surface area contributed by atoms with Gasteiger partial charge in [-0.2, -0.15) is 0 Å². The molecule has 0 bridgehead atoms. The molecule has 0 aliphatic heterocycles. The molecule has 0 unspecified atom stereocenters. The minimum Gasteiger partial charge on any atom is -0.308 e. The molecular weight excluding hydrogens is 186 g/mol. The van der Waals surface area contributed by atoms with Gasteiger partial charge in [0.25, 0.3) is 5.92 Å². The fourth-order valence-electron chi connectivity index (χ4n) is 1.24. The molecular formula is C10H16F2N2. The first-order valence-electron chi connectivity index (χ1n) is 4.77. The zero-order valence-corrected chi connectivity index (χ0v) is 8.39. The Bertz CT molecular complexity index is 219. The molecule has 2 nitrogen and oxygen atoms in total. The molecule has 0 aromatic rings. The Morgan fingerprint density at radius 3 is 2.71 bits per heavy atom. The SMILES string of the molecule is C#CCN(C)CC(F)(F)CNC1CC1. The van der Waals surface area contributed by atoms with Crippen molar-refractivity contribution in [1.82, 2.24) is 10.2 Å². The summed E-state index contributed by atoms with van der Waals surface area (Å²) in [7, 11) is 1.60. The molecule has 0 amide bonds. The van der Waals surface area contributed by atoms with Crippen LogP contribution in [0.15, 0.2) is 0 Å². The fraction of sp³-hybridized carbons (Fsp3) is 0.800. The highest BCUT2D eigenvalue weighted by Crippen LogP contribution is 2.21. The van der Waals surface area contributed by atoms with E-state index in [9.17, 15) is 8.78 Å². The van der Waals surface area contributed by atoms with Crippen LogP contribution in [0.2, 0.25) is 0 Å². The zero-order chi connectivity index (χ0) is 10.6. The predicted octanol–water partition coefficient (Wildman–Crippen LogP) is 0.939. The third-order valence-corrected chi connectivity index (χ3v) is 2.09. The number of nitrogens with zero attached hydrogens (tertiary/aromatic N) is 1. The van der Waals surface area contributed by atoms with Gasteiger partial charge in [-0.05, 0) is 19.9 Å². The van der Waals surface area contributed by atoms with Crippen molar-refractivity contribution in [3.63, 3.8) is 0 Å². The van der Waals surface area contributed by atoms with Gasteiger partial charge in [0, 0.05) is 6.04 Å². The molecule has 0 spiro atoms. The Hall–Kier alpha value is -0.660. The van der Waals surface area contributed by atoms with E-state index in [0.717, 1.165) is 12.8 Å². The van der Waals surface area contributed by atoms with Crippen molar-refractivity contribution in [3.05, 3.63) is 0 Å². The molecule has 1 N–H and O–H groups in total. The van der Waals surface area contributed by atoms with Crippen molar-refractivity contribution < 1.29 is 8.78 Å². The zero-order valence-electron chi connectivity index (χ0n) is 8.39. The van der Waals surface area contributed by atoms with Gasteiger partial charge in [0.05, 0.1) is 19.6 Å². The summed E-state index contributed by atoms with van der Waals surface area (Å²) in [5.41, 5.74) is 0. The lowest BCUT2D eigenvalue weighted by molar-refractivity contribution is -0.0225. The van der Waals surface area contributed by atoms with Crippen LogP contribution in [0.4, 0.5) is 8.78 Å². The molecule has 1 saturated carbocycles. The number of hydrogen-bond acceptors (Lipinski definition) is 2. The lowest BCUT2D eigenvalue weighted by Crippen LogP contribution is -2.42. The van der Waals surface area contributed by atoms with Crippen LogP contribution >= 0.6 is 0 Å². The van der Waals surface area contributed by atoms with Crippen LogP contribution in [0.5, 0.6) is 0 Å². The molecule has 1 aliphatic carbocycles. The Kier molecular flexibility index (Phi) is 3.85. The van der Waals surface area contributed by atoms with Crippen LogP contribution in [-0.4, -0.2) is 43.5 Å². The van der Waals surface area contributed by atoms with E-state index in [0.29, 0.717) is 6.04 Å². The van der Waals surface area contributed by atoms with Gasteiger partial charge in [0.2, 0.25) is 0 Å². The van der Waals surface area contributed by atoms with Crippen LogP contribution in [0, 0.1) is 12.3 Å². The quantitative estimate of drug-likeness (QED) is 0.645. The van der Waals surface area contributed by atoms with Gasteiger partial charge in [-0.15, -0.1) is 6.42 Å². The lowest BCUT2D eigenvalue weighted by atomic mass is 10.3. The van der Waals surface area contributed by atoms with E-state index in [2.05, 4.69) is 11.2 Å². The maximum atomic E-state index is 13.2. The fourth-order valence-corrected chi connectivity index (χ4v) is 1.24. The van der Waals surface area contributed by atoms with E-state index in [1.165, 1.54) is 4.90 Å². The van der Waals surface area contributed by atoms with Gasteiger partial charge < -0.3 is 5.32 Å². The summed E-state index contributed by atoms with van der Waals surface area (Å²) in [4.78, 5) is 1.45. The Labute approximate surface area is 83.7 Å². The van der Waals surface area contributed by atoms with E-state index in [4.69, 9.17) is 6.42 Å². The topological polar surface area (TPSA) is 15.3 Å². The van der Waals surface area contributed by atoms with Gasteiger partial charge in [0.1, 0.15) is 0 Å². The minimum atomic E-state index is -2.69. The van der Waals surface area contributed by atoms with Crippen LogP contribution in [-0.2, 0) is 0 Å². The first-order chi connectivity index (χ1) is 6.53. The molecule has 0 aromatic carbocycles. The number of nitrogens with one attached hydrogen (secondary N) is 1. The lowest BCUT2D eigenvalue weighted by Gasteiger charge is -2.22. The summed E-state index contributed by atoms with van der Waals surface area (Å²) in [6, 6.07) is 0.318. The monoisotopic (exact) mass is 202 g/mol. The van der Waals surface area contributed by atoms with Gasteiger partial charge in [-0.3, -0.25) is 4.90 Å². The maximum Gasteiger partial charge on any atom is 0.272 e. The number of terminal acetylenes is 1. The molecule has 0 aromatic heterocycles. The highest BCUT2D eigenvalue weighted by atomic mass is 19.3. The van der Waals surface area contributed by atoms with Crippen molar-refractivity contribution in [2.24, 2.45) is 0 Å². The summed E-state index contributed by atoms with van der Waals surface area (Å²) in [6.45, 7) is -0.261. The normalized spacial score (nSPS) is 17.1. The van der Waals surface area contributed by atoms with Crippen molar-refractivity contribution in [2.75, 3.05) is 26.7 Å². The average Bonchev–Trinajstić information content (AvgIpc) is 2.83. The Morgan fingerprint density at radius 2 is 2.21 bits per heavy atom. The summed E-state index contributed by atoms with van der Waals surface area (Å²) >= 11 is 0. The van der Waals surface area contributed by atoms with Crippen molar-refractivity contribution in [2.45, 2.75) is 24.8 Å². The molecule has 80 valence electrons. The molecule has 0 heterocycles. The van der Waals surface area contributed by atoms with Crippen LogP contribution in [0.25, 0.3) is 0 Å². The van der Waals surface area contributed by atoms with Crippen molar-refractivity contribution in [1.29, 1.82) is 0 Å². The second-order valence-corrected chi connectivity index (χ2v) is 3.89. The number of halogens is 2. The second kappa shape index (κ2) is 4.72. The molecule has 0 radical (unpaired) electrons. The smallest absolute Gasteiger partial charge is 0.272 e. The molecule has 1 rings (SSSR count). The molecule has 4 heteroatoms. The van der Waals surface area contributed by atoms with E-state index in [1.807, 2.05) is 0 Å². The minimum absolute atomic E-state index is 0.243. The number of alkyl halides is 2. The first kappa shape index (κ1) is 11.4. The van der Waals surface area contributed by atoms with Gasteiger partial charge in [-0.1, -0.05) is 5.92 Å². The molecule has 0 saturated heterocycles. The molecule has 1 fully saturated rings. The largest absolute Gasteiger partial charge is 0.308 e. The number of rotatable bonds is 6. The summed E-state index contributed by atoms with van der Waals surface area (Å²) in [5.74, 6) is -0.347. The van der Waals surface area contributed by atoms with Crippen LogP contribution < -0.4 is 5.32 Å². The van der Waals surface area contributed by atoms with E-state index >= 15 is 0 Å². The number of hydrogen-bond donors (Lipinski definition) is 1. The summed E-state index contributed by atoms with van der Waals surface area (Å²) in [5, 5.41) is 2.82. The van der Waals surface area contributed by atoms with Gasteiger partial charge in [0.15, 0.2) is 0 Å². The average molecular weight is 202 g/mol. The summed E-state index contributed by atoms with van der Waals surface area (Å²) in [6.07, 6.45) is 7.08. The van der Waals surface area contributed by atoms with E-state index in [1.54, 1.807) is 7.05 Å². The van der Waals surface area contributed by atoms with Gasteiger partial charge >= 0.3 is 0 Å². The highest BCUT2D eigenvalue weighted by molar-refractivity contribution is 4.89. The van der Waals surface area contributed by atoms with Crippen molar-refractivity contribution in [3.8, 4) is 12.3 Å². The highest BCUT2D eigenvalue weighted by Gasteiger charge is 2.32. The summed E-state index contributed by atoms with van der Waals surface area (Å²) < 4.78 is 26.4. The van der Waals surface area contributed by atoms with Crippen LogP contribution in [0.1, 0.15) is 12.8 Å².